The van der Waals surface area contributed by atoms with Crippen molar-refractivity contribution in [2.45, 2.75) is 5.41 Å². The lowest BCUT2D eigenvalue weighted by Gasteiger charge is -2.30. The van der Waals surface area contributed by atoms with Gasteiger partial charge in [-0.25, -0.2) is 9.97 Å². The van der Waals surface area contributed by atoms with Crippen LogP contribution in [0.4, 0.5) is 0 Å². The van der Waals surface area contributed by atoms with Crippen LogP contribution in [0.1, 0.15) is 22.3 Å². The van der Waals surface area contributed by atoms with Crippen LogP contribution in [0.15, 0.2) is 218 Å². The lowest BCUT2D eigenvalue weighted by atomic mass is 9.70. The second-order valence-corrected chi connectivity index (χ2v) is 16.4. The standard InChI is InChI=1S/C59H36N2/c1-2-12-38(13-3-1)55-34-29-40-26-27-41-30-35-56(61-58(41)57(40)60-55)39-24-22-37(23-25-39)43-32-33-44(46-15-5-4-14-45(43)46)42-28-31-50-49-18-8-11-21-53(49)59(54(50)36-42)51-19-9-6-16-47(51)48-17-7-10-20-52(48)59/h1-36H. The summed E-state index contributed by atoms with van der Waals surface area (Å²) in [7, 11) is 0. The van der Waals surface area contributed by atoms with E-state index in [9.17, 15) is 0 Å². The van der Waals surface area contributed by atoms with Crippen molar-refractivity contribution in [2.75, 3.05) is 0 Å². The highest BCUT2D eigenvalue weighted by Gasteiger charge is 2.51. The Hall–Kier alpha value is -7.94. The van der Waals surface area contributed by atoms with Gasteiger partial charge >= 0.3 is 0 Å². The molecule has 0 atom stereocenters. The van der Waals surface area contributed by atoms with E-state index in [0.29, 0.717) is 0 Å². The predicted octanol–water partition coefficient (Wildman–Crippen LogP) is 14.9. The Morgan fingerprint density at radius 1 is 0.262 bits per heavy atom. The molecule has 0 saturated carbocycles. The highest BCUT2D eigenvalue weighted by atomic mass is 14.8. The monoisotopic (exact) mass is 772 g/mol. The van der Waals surface area contributed by atoms with Gasteiger partial charge in [0.1, 0.15) is 0 Å². The van der Waals surface area contributed by atoms with Gasteiger partial charge in [-0.3, -0.25) is 0 Å². The minimum Gasteiger partial charge on any atom is -0.245 e. The summed E-state index contributed by atoms with van der Waals surface area (Å²) in [4.78, 5) is 10.4. The van der Waals surface area contributed by atoms with Crippen LogP contribution in [0.25, 0.3) is 99.6 Å². The maximum Gasteiger partial charge on any atom is 0.0972 e. The maximum atomic E-state index is 5.23. The van der Waals surface area contributed by atoms with E-state index < -0.39 is 0 Å². The van der Waals surface area contributed by atoms with Crippen molar-refractivity contribution in [1.29, 1.82) is 0 Å². The predicted molar refractivity (Wildman–Crippen MR) is 253 cm³/mol. The third kappa shape index (κ3) is 4.91. The average molecular weight is 773 g/mol. The van der Waals surface area contributed by atoms with Gasteiger partial charge in [-0.2, -0.15) is 0 Å². The first kappa shape index (κ1) is 34.0. The van der Waals surface area contributed by atoms with Crippen molar-refractivity contribution < 1.29 is 0 Å². The Kier molecular flexibility index (Phi) is 7.26. The van der Waals surface area contributed by atoms with Gasteiger partial charge in [0.25, 0.3) is 0 Å². The number of benzene rings is 9. The number of aromatic nitrogens is 2. The number of fused-ring (bicyclic) bond motifs is 14. The Labute approximate surface area is 354 Å². The lowest BCUT2D eigenvalue weighted by Crippen LogP contribution is -2.25. The maximum absolute atomic E-state index is 5.23. The van der Waals surface area contributed by atoms with E-state index in [2.05, 4.69) is 212 Å². The fourth-order valence-electron chi connectivity index (χ4n) is 10.6. The van der Waals surface area contributed by atoms with Gasteiger partial charge in [0.15, 0.2) is 0 Å². The van der Waals surface area contributed by atoms with E-state index in [1.54, 1.807) is 0 Å². The molecule has 2 nitrogen and oxygen atoms in total. The first-order valence-electron chi connectivity index (χ1n) is 21.1. The van der Waals surface area contributed by atoms with Crippen LogP contribution < -0.4 is 0 Å². The molecule has 1 spiro atoms. The van der Waals surface area contributed by atoms with Gasteiger partial charge in [0.05, 0.1) is 27.8 Å². The summed E-state index contributed by atoms with van der Waals surface area (Å²) in [6.07, 6.45) is 0. The molecule has 0 radical (unpaired) electrons. The molecule has 0 aliphatic heterocycles. The summed E-state index contributed by atoms with van der Waals surface area (Å²) in [5.41, 5.74) is 21.1. The van der Waals surface area contributed by atoms with E-state index >= 15 is 0 Å². The Balaban J connectivity index is 0.903. The van der Waals surface area contributed by atoms with E-state index in [0.717, 1.165) is 44.3 Å². The van der Waals surface area contributed by atoms with Crippen molar-refractivity contribution in [1.82, 2.24) is 9.97 Å². The number of nitrogens with zero attached hydrogens (tertiary/aromatic N) is 2. The number of rotatable bonds is 4. The molecule has 2 aliphatic carbocycles. The van der Waals surface area contributed by atoms with E-state index in [1.807, 2.05) is 6.07 Å². The second kappa shape index (κ2) is 13.0. The minimum atomic E-state index is -0.374. The highest BCUT2D eigenvalue weighted by Crippen LogP contribution is 2.63. The smallest absolute Gasteiger partial charge is 0.0972 e. The van der Waals surface area contributed by atoms with Crippen molar-refractivity contribution in [3.8, 4) is 67.0 Å². The molecule has 0 bridgehead atoms. The molecule has 2 heteroatoms. The molecular formula is C59H36N2. The Morgan fingerprint density at radius 2 is 0.656 bits per heavy atom. The molecule has 2 aliphatic rings. The molecule has 0 unspecified atom stereocenters. The van der Waals surface area contributed by atoms with Crippen LogP contribution in [0, 0.1) is 0 Å². The minimum absolute atomic E-state index is 0.374. The van der Waals surface area contributed by atoms with E-state index in [-0.39, 0.29) is 5.41 Å². The normalized spacial score (nSPS) is 13.0. The Bertz CT molecular complexity index is 3520. The molecule has 2 aromatic heterocycles. The second-order valence-electron chi connectivity index (χ2n) is 16.4. The fourth-order valence-corrected chi connectivity index (χ4v) is 10.6. The van der Waals surface area contributed by atoms with E-state index in [1.165, 1.54) is 77.5 Å². The van der Waals surface area contributed by atoms with Crippen molar-refractivity contribution in [2.24, 2.45) is 0 Å². The Morgan fingerprint density at radius 3 is 1.21 bits per heavy atom. The van der Waals surface area contributed by atoms with Crippen LogP contribution >= 0.6 is 0 Å². The zero-order valence-electron chi connectivity index (χ0n) is 33.2. The number of hydrogen-bond donors (Lipinski definition) is 0. The first-order chi connectivity index (χ1) is 30.2. The topological polar surface area (TPSA) is 25.8 Å². The summed E-state index contributed by atoms with van der Waals surface area (Å²) in [5, 5.41) is 4.64. The first-order valence-corrected chi connectivity index (χ1v) is 21.1. The molecule has 2 heterocycles. The average Bonchev–Trinajstić information content (AvgIpc) is 3.81. The van der Waals surface area contributed by atoms with Crippen LogP contribution in [0.3, 0.4) is 0 Å². The highest BCUT2D eigenvalue weighted by molar-refractivity contribution is 6.07. The summed E-state index contributed by atoms with van der Waals surface area (Å²) in [5.74, 6) is 0. The SMILES string of the molecule is c1ccc(-c2ccc3ccc4ccc(-c5ccc(-c6ccc(-c7ccc8c(c7)C7(c9ccccc9-c9ccccc97)c7ccccc7-8)c7ccccc67)cc5)nc4c3n2)cc1. The summed E-state index contributed by atoms with van der Waals surface area (Å²) in [6.45, 7) is 0. The van der Waals surface area contributed by atoms with Crippen LogP contribution in [0.5, 0.6) is 0 Å². The molecule has 9 aromatic carbocycles. The number of pyridine rings is 2. The van der Waals surface area contributed by atoms with Crippen molar-refractivity contribution >= 4 is 32.6 Å². The van der Waals surface area contributed by atoms with E-state index in [4.69, 9.17) is 9.97 Å². The summed E-state index contributed by atoms with van der Waals surface area (Å²) in [6, 6.07) is 79.8. The molecule has 13 rings (SSSR count). The molecule has 0 N–H and O–H groups in total. The largest absolute Gasteiger partial charge is 0.245 e. The third-order valence-electron chi connectivity index (χ3n) is 13.3. The summed E-state index contributed by atoms with van der Waals surface area (Å²) >= 11 is 0. The van der Waals surface area contributed by atoms with Gasteiger partial charge in [0, 0.05) is 21.9 Å². The van der Waals surface area contributed by atoms with Gasteiger partial charge < -0.3 is 0 Å². The molecule has 0 fully saturated rings. The van der Waals surface area contributed by atoms with Crippen LogP contribution in [0.2, 0.25) is 0 Å². The molecule has 61 heavy (non-hydrogen) atoms. The van der Waals surface area contributed by atoms with Gasteiger partial charge in [-0.15, -0.1) is 0 Å². The molecule has 11 aromatic rings. The zero-order valence-corrected chi connectivity index (χ0v) is 33.2. The molecular weight excluding hydrogens is 737 g/mol. The van der Waals surface area contributed by atoms with Gasteiger partial charge in [0.2, 0.25) is 0 Å². The van der Waals surface area contributed by atoms with Gasteiger partial charge in [-0.1, -0.05) is 200 Å². The van der Waals surface area contributed by atoms with Crippen molar-refractivity contribution in [3.05, 3.63) is 241 Å². The summed E-state index contributed by atoms with van der Waals surface area (Å²) < 4.78 is 0. The third-order valence-corrected chi connectivity index (χ3v) is 13.3. The lowest BCUT2D eigenvalue weighted by molar-refractivity contribution is 0.794. The fraction of sp³-hybridized carbons (Fsp3) is 0.0169. The molecule has 282 valence electrons. The van der Waals surface area contributed by atoms with Crippen molar-refractivity contribution in [3.63, 3.8) is 0 Å². The van der Waals surface area contributed by atoms with Gasteiger partial charge in [-0.05, 0) is 95.7 Å². The molecule has 0 amide bonds. The quantitative estimate of drug-likeness (QED) is 0.167. The van der Waals surface area contributed by atoms with Crippen LogP contribution in [-0.2, 0) is 5.41 Å². The van der Waals surface area contributed by atoms with Crippen LogP contribution in [-0.4, -0.2) is 9.97 Å². The zero-order chi connectivity index (χ0) is 40.1. The molecule has 0 saturated heterocycles. The number of hydrogen-bond acceptors (Lipinski definition) is 2.